The molecule has 0 fully saturated rings. The Morgan fingerprint density at radius 2 is 1.95 bits per heavy atom. The van der Waals surface area contributed by atoms with Crippen LogP contribution >= 0.6 is 0 Å². The van der Waals surface area contributed by atoms with Crippen molar-refractivity contribution in [3.05, 3.63) is 64.6 Å². The normalized spacial score (nSPS) is 17.1. The molecule has 1 aromatic carbocycles. The summed E-state index contributed by atoms with van der Waals surface area (Å²) < 4.78 is 1.44. The SMILES string of the molecule is CC1Cc2ccccc2N1C(=O)Cn1ccccc1=O. The second kappa shape index (κ2) is 4.96. The fraction of sp³-hybridized carbons (Fsp3) is 0.250. The van der Waals surface area contributed by atoms with Gasteiger partial charge in [-0.15, -0.1) is 0 Å². The van der Waals surface area contributed by atoms with Gasteiger partial charge in [0.25, 0.3) is 5.56 Å². The number of rotatable bonds is 2. The average Bonchev–Trinajstić information content (AvgIpc) is 2.77. The highest BCUT2D eigenvalue weighted by atomic mass is 16.2. The third kappa shape index (κ3) is 2.13. The summed E-state index contributed by atoms with van der Waals surface area (Å²) in [6, 6.07) is 13.0. The minimum atomic E-state index is -0.152. The second-order valence-electron chi connectivity index (χ2n) is 5.11. The molecule has 102 valence electrons. The maximum absolute atomic E-state index is 12.5. The minimum absolute atomic E-state index is 0.0456. The van der Waals surface area contributed by atoms with Gasteiger partial charge in [-0.1, -0.05) is 24.3 Å². The number of pyridine rings is 1. The summed E-state index contributed by atoms with van der Waals surface area (Å²) in [4.78, 5) is 26.0. The van der Waals surface area contributed by atoms with Crippen LogP contribution in [0.15, 0.2) is 53.5 Å². The fourth-order valence-electron chi connectivity index (χ4n) is 2.76. The first-order valence-corrected chi connectivity index (χ1v) is 6.72. The van der Waals surface area contributed by atoms with Crippen molar-refractivity contribution >= 4 is 11.6 Å². The van der Waals surface area contributed by atoms with Crippen LogP contribution in [0.5, 0.6) is 0 Å². The van der Waals surface area contributed by atoms with E-state index in [1.54, 1.807) is 23.2 Å². The van der Waals surface area contributed by atoms with Gasteiger partial charge in [0.15, 0.2) is 0 Å². The molecular weight excluding hydrogens is 252 g/mol. The van der Waals surface area contributed by atoms with Gasteiger partial charge in [0.1, 0.15) is 6.54 Å². The first-order chi connectivity index (χ1) is 9.66. The number of para-hydroxylation sites is 1. The number of benzene rings is 1. The van der Waals surface area contributed by atoms with Gasteiger partial charge in [-0.2, -0.15) is 0 Å². The van der Waals surface area contributed by atoms with Gasteiger partial charge >= 0.3 is 0 Å². The standard InChI is InChI=1S/C16H16N2O2/c1-12-10-13-6-2-3-7-14(13)18(12)16(20)11-17-9-5-4-8-15(17)19/h2-9,12H,10-11H2,1H3. The number of carbonyl (C=O) groups excluding carboxylic acids is 1. The van der Waals surface area contributed by atoms with Gasteiger partial charge in [0.2, 0.25) is 5.91 Å². The molecule has 0 aliphatic carbocycles. The Morgan fingerprint density at radius 1 is 1.20 bits per heavy atom. The highest BCUT2D eigenvalue weighted by Gasteiger charge is 2.30. The van der Waals surface area contributed by atoms with Crippen molar-refractivity contribution in [1.82, 2.24) is 4.57 Å². The first-order valence-electron chi connectivity index (χ1n) is 6.72. The van der Waals surface area contributed by atoms with Gasteiger partial charge in [-0.25, -0.2) is 0 Å². The van der Waals surface area contributed by atoms with E-state index in [-0.39, 0.29) is 24.1 Å². The number of hydrogen-bond donors (Lipinski definition) is 0. The zero-order valence-electron chi connectivity index (χ0n) is 11.3. The molecule has 1 aliphatic rings. The van der Waals surface area contributed by atoms with Gasteiger partial charge in [-0.3, -0.25) is 9.59 Å². The molecule has 0 saturated heterocycles. The third-order valence-corrected chi connectivity index (χ3v) is 3.68. The Bertz CT molecular complexity index is 705. The molecule has 2 heterocycles. The Morgan fingerprint density at radius 3 is 2.75 bits per heavy atom. The molecular formula is C16H16N2O2. The third-order valence-electron chi connectivity index (χ3n) is 3.68. The highest BCUT2D eigenvalue weighted by Crippen LogP contribution is 2.31. The van der Waals surface area contributed by atoms with E-state index in [1.807, 2.05) is 31.2 Å². The van der Waals surface area contributed by atoms with E-state index in [2.05, 4.69) is 0 Å². The van der Waals surface area contributed by atoms with E-state index in [0.29, 0.717) is 0 Å². The molecule has 0 saturated carbocycles. The van der Waals surface area contributed by atoms with Crippen LogP contribution in [0, 0.1) is 0 Å². The van der Waals surface area contributed by atoms with Crippen LogP contribution in [0.1, 0.15) is 12.5 Å². The van der Waals surface area contributed by atoms with E-state index < -0.39 is 0 Å². The lowest BCUT2D eigenvalue weighted by atomic mass is 10.1. The fourth-order valence-corrected chi connectivity index (χ4v) is 2.76. The van der Waals surface area contributed by atoms with E-state index in [0.717, 1.165) is 12.1 Å². The quantitative estimate of drug-likeness (QED) is 0.834. The Labute approximate surface area is 117 Å². The Balaban J connectivity index is 1.88. The molecule has 20 heavy (non-hydrogen) atoms. The summed E-state index contributed by atoms with van der Waals surface area (Å²) in [6.45, 7) is 2.12. The lowest BCUT2D eigenvalue weighted by Gasteiger charge is -2.23. The van der Waals surface area contributed by atoms with Crippen molar-refractivity contribution < 1.29 is 4.79 Å². The summed E-state index contributed by atoms with van der Waals surface area (Å²) >= 11 is 0. The second-order valence-corrected chi connectivity index (χ2v) is 5.11. The molecule has 0 radical (unpaired) electrons. The maximum atomic E-state index is 12.5. The van der Waals surface area contributed by atoms with Gasteiger partial charge in [0, 0.05) is 24.0 Å². The summed E-state index contributed by atoms with van der Waals surface area (Å²) in [6.07, 6.45) is 2.51. The van der Waals surface area contributed by atoms with E-state index in [1.165, 1.54) is 16.2 Å². The summed E-state index contributed by atoms with van der Waals surface area (Å²) in [7, 11) is 0. The molecule has 1 amide bonds. The Hall–Kier alpha value is -2.36. The number of amides is 1. The Kier molecular flexibility index (Phi) is 3.14. The largest absolute Gasteiger partial charge is 0.307 e. The molecule has 0 N–H and O–H groups in total. The van der Waals surface area contributed by atoms with Crippen LogP contribution in [-0.4, -0.2) is 16.5 Å². The van der Waals surface area contributed by atoms with Crippen LogP contribution in [0.2, 0.25) is 0 Å². The van der Waals surface area contributed by atoms with Crippen molar-refractivity contribution in [2.24, 2.45) is 0 Å². The number of fused-ring (bicyclic) bond motifs is 1. The number of carbonyl (C=O) groups is 1. The van der Waals surface area contributed by atoms with Crippen LogP contribution < -0.4 is 10.5 Å². The maximum Gasteiger partial charge on any atom is 0.250 e. The average molecular weight is 268 g/mol. The summed E-state index contributed by atoms with van der Waals surface area (Å²) in [5.41, 5.74) is 2.00. The summed E-state index contributed by atoms with van der Waals surface area (Å²) in [5.74, 6) is -0.0456. The van der Waals surface area contributed by atoms with Crippen molar-refractivity contribution in [3.63, 3.8) is 0 Å². The molecule has 1 unspecified atom stereocenters. The summed E-state index contributed by atoms with van der Waals surface area (Å²) in [5, 5.41) is 0. The van der Waals surface area contributed by atoms with E-state index in [9.17, 15) is 9.59 Å². The number of hydrogen-bond acceptors (Lipinski definition) is 2. The zero-order chi connectivity index (χ0) is 14.1. The van der Waals surface area contributed by atoms with Crippen LogP contribution in [0.25, 0.3) is 0 Å². The molecule has 1 aliphatic heterocycles. The highest BCUT2D eigenvalue weighted by molar-refractivity contribution is 5.96. The molecule has 4 heteroatoms. The van der Waals surface area contributed by atoms with Crippen molar-refractivity contribution in [3.8, 4) is 0 Å². The van der Waals surface area contributed by atoms with Crippen molar-refractivity contribution in [1.29, 1.82) is 0 Å². The number of anilines is 1. The van der Waals surface area contributed by atoms with E-state index >= 15 is 0 Å². The molecule has 0 spiro atoms. The smallest absolute Gasteiger partial charge is 0.250 e. The minimum Gasteiger partial charge on any atom is -0.307 e. The van der Waals surface area contributed by atoms with Gasteiger partial charge in [0.05, 0.1) is 0 Å². The topological polar surface area (TPSA) is 42.3 Å². The van der Waals surface area contributed by atoms with Crippen LogP contribution in [0.3, 0.4) is 0 Å². The van der Waals surface area contributed by atoms with Crippen LogP contribution in [0.4, 0.5) is 5.69 Å². The van der Waals surface area contributed by atoms with Gasteiger partial charge < -0.3 is 9.47 Å². The predicted octanol–water partition coefficient (Wildman–Crippen LogP) is 1.83. The van der Waals surface area contributed by atoms with E-state index in [4.69, 9.17) is 0 Å². The lowest BCUT2D eigenvalue weighted by molar-refractivity contribution is -0.119. The lowest BCUT2D eigenvalue weighted by Crippen LogP contribution is -2.39. The monoisotopic (exact) mass is 268 g/mol. The van der Waals surface area contributed by atoms with Crippen molar-refractivity contribution in [2.45, 2.75) is 25.9 Å². The van der Waals surface area contributed by atoms with Gasteiger partial charge in [-0.05, 0) is 31.0 Å². The number of nitrogens with zero attached hydrogens (tertiary/aromatic N) is 2. The van der Waals surface area contributed by atoms with Crippen LogP contribution in [-0.2, 0) is 17.8 Å². The predicted molar refractivity (Wildman–Crippen MR) is 77.8 cm³/mol. The molecule has 2 aromatic rings. The molecule has 1 atom stereocenters. The molecule has 4 nitrogen and oxygen atoms in total. The number of aromatic nitrogens is 1. The molecule has 3 rings (SSSR count). The molecule has 1 aromatic heterocycles. The zero-order valence-corrected chi connectivity index (χ0v) is 11.3. The van der Waals surface area contributed by atoms with Crippen molar-refractivity contribution in [2.75, 3.05) is 4.90 Å². The molecule has 0 bridgehead atoms. The first kappa shape index (κ1) is 12.7.